The van der Waals surface area contributed by atoms with Gasteiger partial charge in [0.2, 0.25) is 0 Å². The number of rotatable bonds is 4. The van der Waals surface area contributed by atoms with Crippen LogP contribution in [-0.2, 0) is 0 Å². The summed E-state index contributed by atoms with van der Waals surface area (Å²) in [6.07, 6.45) is 8.97. The summed E-state index contributed by atoms with van der Waals surface area (Å²) in [5, 5.41) is 3.06. The summed E-state index contributed by atoms with van der Waals surface area (Å²) in [6.45, 7) is 0. The highest BCUT2D eigenvalue weighted by molar-refractivity contribution is 5.92. The molecular formula is C18H22N4O. The predicted molar refractivity (Wildman–Crippen MR) is 90.9 cm³/mol. The van der Waals surface area contributed by atoms with Crippen LogP contribution >= 0.6 is 0 Å². The van der Waals surface area contributed by atoms with Gasteiger partial charge < -0.3 is 10.2 Å². The van der Waals surface area contributed by atoms with Crippen molar-refractivity contribution in [2.24, 2.45) is 0 Å². The van der Waals surface area contributed by atoms with E-state index in [0.29, 0.717) is 11.5 Å². The Labute approximate surface area is 136 Å². The molecule has 1 saturated carbocycles. The first-order valence-corrected chi connectivity index (χ1v) is 8.16. The maximum Gasteiger partial charge on any atom is 0.271 e. The van der Waals surface area contributed by atoms with Gasteiger partial charge in [0.05, 0.1) is 12.4 Å². The van der Waals surface area contributed by atoms with Gasteiger partial charge in [-0.05, 0) is 25.0 Å². The molecular weight excluding hydrogens is 288 g/mol. The molecule has 1 aromatic heterocycles. The largest absolute Gasteiger partial charge is 0.348 e. The van der Waals surface area contributed by atoms with Gasteiger partial charge in [0, 0.05) is 18.8 Å². The Bertz CT molecular complexity index is 636. The molecule has 2 aromatic rings. The molecule has 0 spiro atoms. The molecule has 1 amide bonds. The van der Waals surface area contributed by atoms with Gasteiger partial charge in [-0.15, -0.1) is 0 Å². The van der Waals surface area contributed by atoms with Crippen LogP contribution < -0.4 is 10.2 Å². The number of benzene rings is 1. The van der Waals surface area contributed by atoms with Gasteiger partial charge in [0.1, 0.15) is 5.69 Å². The number of hydrogen-bond donors (Lipinski definition) is 1. The monoisotopic (exact) mass is 310 g/mol. The molecule has 120 valence electrons. The quantitative estimate of drug-likeness (QED) is 0.941. The first kappa shape index (κ1) is 15.5. The number of carbonyl (C=O) groups is 1. The minimum absolute atomic E-state index is 0.127. The summed E-state index contributed by atoms with van der Waals surface area (Å²) in [5.41, 5.74) is 1.40. The summed E-state index contributed by atoms with van der Waals surface area (Å²) in [7, 11) is 1.93. The van der Waals surface area contributed by atoms with Crippen LogP contribution in [0.5, 0.6) is 0 Å². The average Bonchev–Trinajstić information content (AvgIpc) is 2.63. The third-order valence-corrected chi connectivity index (χ3v) is 4.30. The van der Waals surface area contributed by atoms with Crippen molar-refractivity contribution in [1.82, 2.24) is 15.3 Å². The highest BCUT2D eigenvalue weighted by Crippen LogP contribution is 2.20. The highest BCUT2D eigenvalue weighted by atomic mass is 16.1. The lowest BCUT2D eigenvalue weighted by Crippen LogP contribution is -2.36. The van der Waals surface area contributed by atoms with Crippen molar-refractivity contribution >= 4 is 17.4 Å². The van der Waals surface area contributed by atoms with Crippen LogP contribution in [0.25, 0.3) is 0 Å². The minimum atomic E-state index is -0.127. The lowest BCUT2D eigenvalue weighted by Gasteiger charge is -2.22. The van der Waals surface area contributed by atoms with Crippen molar-refractivity contribution in [3.63, 3.8) is 0 Å². The van der Waals surface area contributed by atoms with Crippen LogP contribution in [0.4, 0.5) is 11.5 Å². The summed E-state index contributed by atoms with van der Waals surface area (Å²) >= 11 is 0. The van der Waals surface area contributed by atoms with Crippen LogP contribution in [-0.4, -0.2) is 29.0 Å². The topological polar surface area (TPSA) is 58.1 Å². The van der Waals surface area contributed by atoms with E-state index >= 15 is 0 Å². The summed E-state index contributed by atoms with van der Waals surface area (Å²) in [5.74, 6) is 0.587. The Balaban J connectivity index is 1.65. The molecule has 3 rings (SSSR count). The van der Waals surface area contributed by atoms with Crippen LogP contribution in [0, 0.1) is 0 Å². The third-order valence-electron chi connectivity index (χ3n) is 4.30. The lowest BCUT2D eigenvalue weighted by molar-refractivity contribution is 0.0922. The zero-order chi connectivity index (χ0) is 16.1. The summed E-state index contributed by atoms with van der Waals surface area (Å²) in [6, 6.07) is 10.2. The van der Waals surface area contributed by atoms with Gasteiger partial charge in [0.15, 0.2) is 5.82 Å². The molecule has 0 radical (unpaired) electrons. The predicted octanol–water partition coefficient (Wildman–Crippen LogP) is 3.31. The molecule has 0 unspecified atom stereocenters. The molecule has 5 heteroatoms. The summed E-state index contributed by atoms with van der Waals surface area (Å²) < 4.78 is 0. The normalized spacial score (nSPS) is 15.2. The van der Waals surface area contributed by atoms with Crippen molar-refractivity contribution in [3.8, 4) is 0 Å². The van der Waals surface area contributed by atoms with E-state index in [9.17, 15) is 4.79 Å². The minimum Gasteiger partial charge on any atom is -0.348 e. The van der Waals surface area contributed by atoms with E-state index in [1.54, 1.807) is 12.4 Å². The summed E-state index contributed by atoms with van der Waals surface area (Å²) in [4.78, 5) is 22.8. The van der Waals surface area contributed by atoms with Crippen molar-refractivity contribution < 1.29 is 4.79 Å². The van der Waals surface area contributed by atoms with E-state index in [1.807, 2.05) is 42.3 Å². The van der Waals surface area contributed by atoms with Gasteiger partial charge in [-0.3, -0.25) is 4.79 Å². The number of para-hydroxylation sites is 1. The number of amides is 1. The zero-order valence-electron chi connectivity index (χ0n) is 13.4. The Morgan fingerprint density at radius 1 is 1.09 bits per heavy atom. The van der Waals surface area contributed by atoms with Crippen LogP contribution in [0.2, 0.25) is 0 Å². The highest BCUT2D eigenvalue weighted by Gasteiger charge is 2.17. The number of nitrogens with one attached hydrogen (secondary N) is 1. The Kier molecular flexibility index (Phi) is 4.86. The third kappa shape index (κ3) is 3.86. The van der Waals surface area contributed by atoms with E-state index in [1.165, 1.54) is 19.3 Å². The number of anilines is 2. The molecule has 1 heterocycles. The second-order valence-electron chi connectivity index (χ2n) is 5.96. The average molecular weight is 310 g/mol. The molecule has 5 nitrogen and oxygen atoms in total. The zero-order valence-corrected chi connectivity index (χ0v) is 13.4. The maximum atomic E-state index is 12.2. The number of carbonyl (C=O) groups excluding carboxylic acids is 1. The molecule has 0 aliphatic heterocycles. The standard InChI is InChI=1S/C18H22N4O/c1-22(15-10-6-3-7-11-15)17-13-19-16(12-20-17)18(23)21-14-8-4-2-5-9-14/h3,6-7,10-14H,2,4-5,8-9H2,1H3,(H,21,23). The van der Waals surface area contributed by atoms with Crippen molar-refractivity contribution in [2.45, 2.75) is 38.1 Å². The van der Waals surface area contributed by atoms with E-state index in [2.05, 4.69) is 15.3 Å². The van der Waals surface area contributed by atoms with Gasteiger partial charge in [-0.25, -0.2) is 9.97 Å². The van der Waals surface area contributed by atoms with Gasteiger partial charge in [-0.2, -0.15) is 0 Å². The second-order valence-corrected chi connectivity index (χ2v) is 5.96. The fourth-order valence-electron chi connectivity index (χ4n) is 2.90. The number of aromatic nitrogens is 2. The van der Waals surface area contributed by atoms with Crippen molar-refractivity contribution in [1.29, 1.82) is 0 Å². The molecule has 1 fully saturated rings. The van der Waals surface area contributed by atoms with Gasteiger partial charge in [-0.1, -0.05) is 37.5 Å². The molecule has 1 aromatic carbocycles. The van der Waals surface area contributed by atoms with Crippen LogP contribution in [0.15, 0.2) is 42.7 Å². The van der Waals surface area contributed by atoms with Crippen molar-refractivity contribution in [2.75, 3.05) is 11.9 Å². The molecule has 1 aliphatic carbocycles. The Hall–Kier alpha value is -2.43. The van der Waals surface area contributed by atoms with Crippen molar-refractivity contribution in [3.05, 3.63) is 48.4 Å². The smallest absolute Gasteiger partial charge is 0.271 e. The van der Waals surface area contributed by atoms with E-state index < -0.39 is 0 Å². The molecule has 0 bridgehead atoms. The number of hydrogen-bond acceptors (Lipinski definition) is 4. The van der Waals surface area contributed by atoms with E-state index in [-0.39, 0.29) is 11.9 Å². The number of nitrogens with zero attached hydrogens (tertiary/aromatic N) is 3. The molecule has 0 atom stereocenters. The first-order chi connectivity index (χ1) is 11.2. The van der Waals surface area contributed by atoms with E-state index in [0.717, 1.165) is 18.5 Å². The maximum absolute atomic E-state index is 12.2. The Morgan fingerprint density at radius 3 is 2.48 bits per heavy atom. The van der Waals surface area contributed by atoms with Gasteiger partial charge in [0.25, 0.3) is 5.91 Å². The molecule has 0 saturated heterocycles. The molecule has 23 heavy (non-hydrogen) atoms. The molecule has 1 aliphatic rings. The SMILES string of the molecule is CN(c1ccccc1)c1cnc(C(=O)NC2CCCCC2)cn1. The molecule has 1 N–H and O–H groups in total. The lowest BCUT2D eigenvalue weighted by atomic mass is 9.95. The van der Waals surface area contributed by atoms with Crippen LogP contribution in [0.3, 0.4) is 0 Å². The fourth-order valence-corrected chi connectivity index (χ4v) is 2.90. The van der Waals surface area contributed by atoms with E-state index in [4.69, 9.17) is 0 Å². The second kappa shape index (κ2) is 7.22. The Morgan fingerprint density at radius 2 is 1.83 bits per heavy atom. The fraction of sp³-hybridized carbons (Fsp3) is 0.389. The van der Waals surface area contributed by atoms with Gasteiger partial charge >= 0.3 is 0 Å². The first-order valence-electron chi connectivity index (χ1n) is 8.16. The van der Waals surface area contributed by atoms with Crippen LogP contribution in [0.1, 0.15) is 42.6 Å².